The molecule has 0 radical (unpaired) electrons. The first kappa shape index (κ1) is 13.8. The second-order valence-electron chi connectivity index (χ2n) is 4.86. The number of aromatic nitrogens is 2. The summed E-state index contributed by atoms with van der Waals surface area (Å²) < 4.78 is 5.68. The monoisotopic (exact) mass is 290 g/mol. The summed E-state index contributed by atoms with van der Waals surface area (Å²) in [5, 5.41) is 20.2. The summed E-state index contributed by atoms with van der Waals surface area (Å²) in [6.45, 7) is 2.42. The molecule has 0 amide bonds. The quantitative estimate of drug-likeness (QED) is 0.795. The SMILES string of the molecule is Cc1ccccc1-c1nnc(CNc2cccc(C#N)c2)o1. The molecule has 0 saturated heterocycles. The summed E-state index contributed by atoms with van der Waals surface area (Å²) in [6, 6.07) is 17.2. The van der Waals surface area contributed by atoms with Gasteiger partial charge in [-0.25, -0.2) is 0 Å². The average Bonchev–Trinajstić information content (AvgIpc) is 3.02. The Morgan fingerprint density at radius 2 is 2.00 bits per heavy atom. The van der Waals surface area contributed by atoms with Crippen molar-refractivity contribution in [3.05, 3.63) is 65.5 Å². The molecule has 0 bridgehead atoms. The second kappa shape index (κ2) is 6.10. The standard InChI is InChI=1S/C17H14N4O/c1-12-5-2-3-8-15(12)17-21-20-16(22-17)11-19-14-7-4-6-13(9-14)10-18/h2-9,19H,11H2,1H3. The van der Waals surface area contributed by atoms with Crippen molar-refractivity contribution in [2.24, 2.45) is 0 Å². The van der Waals surface area contributed by atoms with Crippen molar-refractivity contribution in [3.8, 4) is 17.5 Å². The number of nitrogens with zero attached hydrogens (tertiary/aromatic N) is 3. The number of nitrogens with one attached hydrogen (secondary N) is 1. The summed E-state index contributed by atoms with van der Waals surface area (Å²) >= 11 is 0. The van der Waals surface area contributed by atoms with Gasteiger partial charge in [0.05, 0.1) is 18.2 Å². The van der Waals surface area contributed by atoms with E-state index in [0.717, 1.165) is 16.8 Å². The maximum Gasteiger partial charge on any atom is 0.248 e. The van der Waals surface area contributed by atoms with Crippen LogP contribution in [0.15, 0.2) is 52.9 Å². The van der Waals surface area contributed by atoms with Gasteiger partial charge in [-0.3, -0.25) is 0 Å². The van der Waals surface area contributed by atoms with E-state index in [1.54, 1.807) is 12.1 Å². The van der Waals surface area contributed by atoms with E-state index in [0.29, 0.717) is 23.9 Å². The van der Waals surface area contributed by atoms with Crippen LogP contribution in [0.2, 0.25) is 0 Å². The minimum atomic E-state index is 0.410. The number of anilines is 1. The zero-order valence-electron chi connectivity index (χ0n) is 12.1. The van der Waals surface area contributed by atoms with Gasteiger partial charge >= 0.3 is 0 Å². The van der Waals surface area contributed by atoms with Crippen LogP contribution in [0.4, 0.5) is 5.69 Å². The highest BCUT2D eigenvalue weighted by atomic mass is 16.4. The lowest BCUT2D eigenvalue weighted by Gasteiger charge is -2.03. The summed E-state index contributed by atoms with van der Waals surface area (Å²) in [5.74, 6) is 1.02. The number of rotatable bonds is 4. The highest BCUT2D eigenvalue weighted by Gasteiger charge is 2.10. The molecule has 3 rings (SSSR count). The number of nitriles is 1. The number of benzene rings is 2. The van der Waals surface area contributed by atoms with Crippen LogP contribution in [0.1, 0.15) is 17.0 Å². The van der Waals surface area contributed by atoms with Gasteiger partial charge in [-0.1, -0.05) is 24.3 Å². The number of aryl methyl sites for hydroxylation is 1. The molecule has 0 spiro atoms. The Labute approximate surface area is 128 Å². The highest BCUT2D eigenvalue weighted by Crippen LogP contribution is 2.21. The Morgan fingerprint density at radius 1 is 1.14 bits per heavy atom. The molecule has 0 unspecified atom stereocenters. The molecule has 0 aliphatic rings. The molecule has 0 fully saturated rings. The lowest BCUT2D eigenvalue weighted by Crippen LogP contribution is -1.99. The zero-order valence-corrected chi connectivity index (χ0v) is 12.1. The maximum absolute atomic E-state index is 8.88. The van der Waals surface area contributed by atoms with Crippen LogP contribution in [0.25, 0.3) is 11.5 Å². The Hall–Kier alpha value is -3.13. The predicted molar refractivity (Wildman–Crippen MR) is 83.0 cm³/mol. The molecule has 0 aliphatic heterocycles. The van der Waals surface area contributed by atoms with Gasteiger partial charge in [0, 0.05) is 11.3 Å². The van der Waals surface area contributed by atoms with Crippen LogP contribution in [0.3, 0.4) is 0 Å². The molecule has 0 atom stereocenters. The maximum atomic E-state index is 8.88. The Bertz CT molecular complexity index is 832. The molecule has 5 heteroatoms. The molecular weight excluding hydrogens is 276 g/mol. The molecule has 2 aromatic carbocycles. The topological polar surface area (TPSA) is 74.7 Å². The van der Waals surface area contributed by atoms with E-state index < -0.39 is 0 Å². The zero-order chi connectivity index (χ0) is 15.4. The second-order valence-corrected chi connectivity index (χ2v) is 4.86. The summed E-state index contributed by atoms with van der Waals surface area (Å²) in [7, 11) is 0. The van der Waals surface area contributed by atoms with E-state index in [1.165, 1.54) is 0 Å². The lowest BCUT2D eigenvalue weighted by molar-refractivity contribution is 0.514. The van der Waals surface area contributed by atoms with Gasteiger partial charge in [-0.2, -0.15) is 5.26 Å². The van der Waals surface area contributed by atoms with E-state index in [-0.39, 0.29) is 0 Å². The van der Waals surface area contributed by atoms with Gasteiger partial charge in [-0.15, -0.1) is 10.2 Å². The van der Waals surface area contributed by atoms with Crippen molar-refractivity contribution >= 4 is 5.69 Å². The minimum absolute atomic E-state index is 0.410. The van der Waals surface area contributed by atoms with Gasteiger partial charge in [-0.05, 0) is 36.8 Å². The number of hydrogen-bond acceptors (Lipinski definition) is 5. The van der Waals surface area contributed by atoms with E-state index >= 15 is 0 Å². The largest absolute Gasteiger partial charge is 0.419 e. The smallest absolute Gasteiger partial charge is 0.248 e. The van der Waals surface area contributed by atoms with E-state index in [2.05, 4.69) is 21.6 Å². The van der Waals surface area contributed by atoms with Crippen molar-refractivity contribution in [1.82, 2.24) is 10.2 Å². The van der Waals surface area contributed by atoms with Crippen molar-refractivity contribution in [2.75, 3.05) is 5.32 Å². The average molecular weight is 290 g/mol. The van der Waals surface area contributed by atoms with Crippen LogP contribution >= 0.6 is 0 Å². The van der Waals surface area contributed by atoms with Gasteiger partial charge in [0.15, 0.2) is 0 Å². The molecule has 1 N–H and O–H groups in total. The highest BCUT2D eigenvalue weighted by molar-refractivity contribution is 5.57. The van der Waals surface area contributed by atoms with Crippen LogP contribution in [-0.2, 0) is 6.54 Å². The molecule has 0 aliphatic carbocycles. The first-order valence-electron chi connectivity index (χ1n) is 6.88. The third-order valence-corrected chi connectivity index (χ3v) is 3.28. The molecule has 5 nitrogen and oxygen atoms in total. The molecule has 1 heterocycles. The molecular formula is C17H14N4O. The lowest BCUT2D eigenvalue weighted by atomic mass is 10.1. The Morgan fingerprint density at radius 3 is 2.82 bits per heavy atom. The van der Waals surface area contributed by atoms with Gasteiger partial charge < -0.3 is 9.73 Å². The molecule has 1 aromatic heterocycles. The summed E-state index contributed by atoms with van der Waals surface area (Å²) in [4.78, 5) is 0. The summed E-state index contributed by atoms with van der Waals surface area (Å²) in [6.07, 6.45) is 0. The predicted octanol–water partition coefficient (Wildman–Crippen LogP) is 3.53. The fraction of sp³-hybridized carbons (Fsp3) is 0.118. The van der Waals surface area contributed by atoms with Crippen LogP contribution in [-0.4, -0.2) is 10.2 Å². The molecule has 3 aromatic rings. The van der Waals surface area contributed by atoms with Crippen LogP contribution < -0.4 is 5.32 Å². The normalized spacial score (nSPS) is 10.2. The van der Waals surface area contributed by atoms with Gasteiger partial charge in [0.2, 0.25) is 11.8 Å². The van der Waals surface area contributed by atoms with Crippen molar-refractivity contribution < 1.29 is 4.42 Å². The van der Waals surface area contributed by atoms with E-state index in [4.69, 9.17) is 9.68 Å². The minimum Gasteiger partial charge on any atom is -0.419 e. The fourth-order valence-corrected chi connectivity index (χ4v) is 2.12. The van der Waals surface area contributed by atoms with Crippen LogP contribution in [0.5, 0.6) is 0 Å². The number of hydrogen-bond donors (Lipinski definition) is 1. The van der Waals surface area contributed by atoms with E-state index in [1.807, 2.05) is 43.3 Å². The Balaban J connectivity index is 1.72. The van der Waals surface area contributed by atoms with Crippen LogP contribution in [0, 0.1) is 18.3 Å². The molecule has 108 valence electrons. The summed E-state index contributed by atoms with van der Waals surface area (Å²) in [5.41, 5.74) is 3.48. The first-order chi connectivity index (χ1) is 10.8. The fourth-order valence-electron chi connectivity index (χ4n) is 2.12. The third-order valence-electron chi connectivity index (χ3n) is 3.28. The third kappa shape index (κ3) is 2.96. The Kier molecular flexibility index (Phi) is 3.84. The molecule has 22 heavy (non-hydrogen) atoms. The van der Waals surface area contributed by atoms with Crippen molar-refractivity contribution in [1.29, 1.82) is 5.26 Å². The van der Waals surface area contributed by atoms with Gasteiger partial charge in [0.1, 0.15) is 0 Å². The van der Waals surface area contributed by atoms with E-state index in [9.17, 15) is 0 Å². The van der Waals surface area contributed by atoms with Gasteiger partial charge in [0.25, 0.3) is 0 Å². The van der Waals surface area contributed by atoms with Crippen molar-refractivity contribution in [3.63, 3.8) is 0 Å². The molecule has 0 saturated carbocycles. The first-order valence-corrected chi connectivity index (χ1v) is 6.88. The van der Waals surface area contributed by atoms with Crippen molar-refractivity contribution in [2.45, 2.75) is 13.5 Å².